The number of halogens is 1. The largest absolute Gasteiger partial charge is 0.372 e. The quantitative estimate of drug-likeness (QED) is 0.186. The van der Waals surface area contributed by atoms with Crippen LogP contribution in [0, 0.1) is 0 Å². The molecule has 0 spiro atoms. The third-order valence-electron chi connectivity index (χ3n) is 5.28. The fraction of sp³-hybridized carbons (Fsp3) is 0.385. The fourth-order valence-corrected chi connectivity index (χ4v) is 3.52. The van der Waals surface area contributed by atoms with Crippen molar-refractivity contribution in [2.24, 2.45) is 4.99 Å². The van der Waals surface area contributed by atoms with Gasteiger partial charge in [-0.05, 0) is 30.0 Å². The van der Waals surface area contributed by atoms with Crippen LogP contribution in [0.15, 0.2) is 64.1 Å². The number of aliphatic imine (C=N–C) groups is 1. The van der Waals surface area contributed by atoms with Crippen LogP contribution in [0.1, 0.15) is 54.5 Å². The van der Waals surface area contributed by atoms with Gasteiger partial charge in [-0.15, -0.1) is 24.0 Å². The maximum Gasteiger partial charge on any atom is 0.191 e. The van der Waals surface area contributed by atoms with E-state index in [2.05, 4.69) is 60.8 Å². The van der Waals surface area contributed by atoms with Crippen molar-refractivity contribution in [3.8, 4) is 0 Å². The first-order valence-electron chi connectivity index (χ1n) is 11.4. The molecule has 3 rings (SSSR count). The van der Waals surface area contributed by atoms with Gasteiger partial charge in [0, 0.05) is 25.1 Å². The molecule has 33 heavy (non-hydrogen) atoms. The van der Waals surface area contributed by atoms with Crippen molar-refractivity contribution in [2.75, 3.05) is 6.54 Å². The Labute approximate surface area is 214 Å². The van der Waals surface area contributed by atoms with Gasteiger partial charge in [0.25, 0.3) is 0 Å². The number of guanidine groups is 1. The number of ether oxygens (including phenoxy) is 1. The molecule has 0 radical (unpaired) electrons. The zero-order chi connectivity index (χ0) is 22.6. The zero-order valence-electron chi connectivity index (χ0n) is 19.8. The number of hydrogen-bond donors (Lipinski definition) is 2. The summed E-state index contributed by atoms with van der Waals surface area (Å²) in [6.45, 7) is 9.41. The molecule has 6 nitrogen and oxygen atoms in total. The first-order valence-corrected chi connectivity index (χ1v) is 11.4. The molecule has 0 aliphatic heterocycles. The fourth-order valence-electron chi connectivity index (χ4n) is 3.52. The summed E-state index contributed by atoms with van der Waals surface area (Å²) in [5, 5.41) is 11.0. The number of nitrogens with one attached hydrogen (secondary N) is 2. The van der Waals surface area contributed by atoms with Gasteiger partial charge in [-0.2, -0.15) is 0 Å². The summed E-state index contributed by atoms with van der Waals surface area (Å²) >= 11 is 0. The number of aromatic nitrogens is 1. The van der Waals surface area contributed by atoms with E-state index in [1.165, 1.54) is 5.56 Å². The minimum Gasteiger partial charge on any atom is -0.372 e. The summed E-state index contributed by atoms with van der Waals surface area (Å²) in [5.41, 5.74) is 5.63. The monoisotopic (exact) mass is 562 g/mol. The summed E-state index contributed by atoms with van der Waals surface area (Å²) in [7, 11) is 0. The number of nitrogens with zero attached hydrogens (tertiary/aromatic N) is 2. The van der Waals surface area contributed by atoms with Crippen LogP contribution in [0.4, 0.5) is 0 Å². The van der Waals surface area contributed by atoms with Crippen molar-refractivity contribution in [1.29, 1.82) is 0 Å². The molecule has 1 heterocycles. The molecule has 2 N–H and O–H groups in total. The van der Waals surface area contributed by atoms with Gasteiger partial charge in [0.15, 0.2) is 5.96 Å². The van der Waals surface area contributed by atoms with E-state index in [0.717, 1.165) is 53.5 Å². The molecule has 0 atom stereocenters. The van der Waals surface area contributed by atoms with E-state index in [9.17, 15) is 0 Å². The van der Waals surface area contributed by atoms with E-state index in [-0.39, 0.29) is 24.0 Å². The van der Waals surface area contributed by atoms with Crippen molar-refractivity contribution < 1.29 is 9.26 Å². The van der Waals surface area contributed by atoms with Crippen LogP contribution in [0.25, 0.3) is 0 Å². The molecule has 0 unspecified atom stereocenters. The van der Waals surface area contributed by atoms with Gasteiger partial charge >= 0.3 is 0 Å². The highest BCUT2D eigenvalue weighted by molar-refractivity contribution is 14.0. The average Bonchev–Trinajstić information content (AvgIpc) is 3.24. The van der Waals surface area contributed by atoms with Crippen LogP contribution in [0.3, 0.4) is 0 Å². The van der Waals surface area contributed by atoms with Crippen LogP contribution in [0.2, 0.25) is 0 Å². The Morgan fingerprint density at radius 1 is 0.909 bits per heavy atom. The van der Waals surface area contributed by atoms with Crippen molar-refractivity contribution in [1.82, 2.24) is 15.8 Å². The minimum absolute atomic E-state index is 0. The number of aryl methyl sites for hydroxylation is 2. The van der Waals surface area contributed by atoms with Gasteiger partial charge in [0.2, 0.25) is 0 Å². The van der Waals surface area contributed by atoms with E-state index in [0.29, 0.717) is 26.3 Å². The van der Waals surface area contributed by atoms with E-state index >= 15 is 0 Å². The number of hydrogen-bond acceptors (Lipinski definition) is 4. The summed E-state index contributed by atoms with van der Waals surface area (Å²) in [4.78, 5) is 4.81. The Kier molecular flexibility index (Phi) is 12.0. The highest BCUT2D eigenvalue weighted by Gasteiger charge is 2.13. The first-order chi connectivity index (χ1) is 15.7. The third kappa shape index (κ3) is 8.16. The van der Waals surface area contributed by atoms with Crippen molar-refractivity contribution in [3.05, 3.63) is 88.3 Å². The van der Waals surface area contributed by atoms with Crippen LogP contribution < -0.4 is 10.6 Å². The highest BCUT2D eigenvalue weighted by atomic mass is 127. The second kappa shape index (κ2) is 14.7. The maximum atomic E-state index is 5.95. The molecule has 0 amide bonds. The van der Waals surface area contributed by atoms with E-state index < -0.39 is 0 Å². The summed E-state index contributed by atoms with van der Waals surface area (Å²) in [6, 6.07) is 18.5. The summed E-state index contributed by atoms with van der Waals surface area (Å²) in [6.07, 6.45) is 1.68. The summed E-state index contributed by atoms with van der Waals surface area (Å²) < 4.78 is 11.4. The van der Waals surface area contributed by atoms with Crippen LogP contribution in [-0.4, -0.2) is 17.7 Å². The van der Waals surface area contributed by atoms with Crippen LogP contribution >= 0.6 is 24.0 Å². The lowest BCUT2D eigenvalue weighted by molar-refractivity contribution is 0.106. The zero-order valence-corrected chi connectivity index (χ0v) is 22.1. The molecular formula is C26H35IN4O2. The molecule has 0 saturated carbocycles. The third-order valence-corrected chi connectivity index (χ3v) is 5.28. The second-order valence-corrected chi connectivity index (χ2v) is 7.53. The number of benzene rings is 2. The van der Waals surface area contributed by atoms with Crippen LogP contribution in [-0.2, 0) is 43.9 Å². The van der Waals surface area contributed by atoms with E-state index in [1.54, 1.807) is 0 Å². The predicted molar refractivity (Wildman–Crippen MR) is 144 cm³/mol. The Bertz CT molecular complexity index is 967. The molecular weight excluding hydrogens is 527 g/mol. The van der Waals surface area contributed by atoms with Crippen molar-refractivity contribution in [3.63, 3.8) is 0 Å². The first kappa shape index (κ1) is 26.9. The molecule has 7 heteroatoms. The van der Waals surface area contributed by atoms with Crippen molar-refractivity contribution in [2.45, 2.75) is 59.9 Å². The van der Waals surface area contributed by atoms with Gasteiger partial charge in [-0.3, -0.25) is 0 Å². The molecule has 0 fully saturated rings. The van der Waals surface area contributed by atoms with Gasteiger partial charge in [0.05, 0.1) is 25.5 Å². The lowest BCUT2D eigenvalue weighted by Crippen LogP contribution is -2.37. The van der Waals surface area contributed by atoms with Crippen molar-refractivity contribution >= 4 is 29.9 Å². The normalized spacial score (nSPS) is 11.2. The number of rotatable bonds is 11. The van der Waals surface area contributed by atoms with Gasteiger partial charge in [-0.1, -0.05) is 73.6 Å². The summed E-state index contributed by atoms with van der Waals surface area (Å²) in [5.74, 6) is 1.71. The van der Waals surface area contributed by atoms with Gasteiger partial charge < -0.3 is 19.9 Å². The molecule has 0 bridgehead atoms. The minimum atomic E-state index is 0. The molecule has 0 aliphatic rings. The highest BCUT2D eigenvalue weighted by Crippen LogP contribution is 2.16. The van der Waals surface area contributed by atoms with E-state index in [4.69, 9.17) is 14.3 Å². The Morgan fingerprint density at radius 2 is 1.64 bits per heavy atom. The molecule has 178 valence electrons. The molecule has 0 saturated heterocycles. The standard InChI is InChI=1S/C26H34N4O2.HI/c1-4-24-23(25(5-2)32-30-24)17-29-26(27-6-3)28-16-21-14-10-11-15-22(21)19-31-18-20-12-8-7-9-13-20;/h7-15H,4-6,16-19H2,1-3H3,(H2,27,28,29);1H. The average molecular weight is 562 g/mol. The Morgan fingerprint density at radius 3 is 2.33 bits per heavy atom. The Balaban J connectivity index is 0.00000385. The van der Waals surface area contributed by atoms with E-state index in [1.807, 2.05) is 30.3 Å². The SMILES string of the molecule is CCNC(=NCc1ccccc1COCc1ccccc1)NCc1c(CC)noc1CC.I. The topological polar surface area (TPSA) is 71.7 Å². The van der Waals surface area contributed by atoms with Gasteiger partial charge in [-0.25, -0.2) is 4.99 Å². The lowest BCUT2D eigenvalue weighted by Gasteiger charge is -2.13. The lowest BCUT2D eigenvalue weighted by atomic mass is 10.1. The molecule has 0 aliphatic carbocycles. The predicted octanol–water partition coefficient (Wildman–Crippen LogP) is 5.39. The smallest absolute Gasteiger partial charge is 0.191 e. The maximum absolute atomic E-state index is 5.95. The molecule has 1 aromatic heterocycles. The molecule has 3 aromatic rings. The second-order valence-electron chi connectivity index (χ2n) is 7.53. The van der Waals surface area contributed by atoms with Gasteiger partial charge in [0.1, 0.15) is 5.76 Å². The van der Waals surface area contributed by atoms with Crippen LogP contribution in [0.5, 0.6) is 0 Å². The molecule has 2 aromatic carbocycles. The Hall–Kier alpha value is -2.39.